The Balaban J connectivity index is 1.22. The molecule has 7 rings (SSSR count). The van der Waals surface area contributed by atoms with Crippen LogP contribution in [0.1, 0.15) is 42.4 Å². The largest absolute Gasteiger partial charge is 0.465 e. The number of halogens is 2. The molecule has 0 bridgehead atoms. The van der Waals surface area contributed by atoms with Gasteiger partial charge in [-0.1, -0.05) is 0 Å². The number of hydrogen-bond donors (Lipinski definition) is 2. The summed E-state index contributed by atoms with van der Waals surface area (Å²) in [6.07, 6.45) is 4.59. The van der Waals surface area contributed by atoms with Gasteiger partial charge in [-0.3, -0.25) is 15.2 Å². The molecule has 3 aromatic heterocycles. The summed E-state index contributed by atoms with van der Waals surface area (Å²) >= 11 is 0.737. The Bertz CT molecular complexity index is 1860. The Morgan fingerprint density at radius 2 is 2.11 bits per heavy atom. The van der Waals surface area contributed by atoms with Crippen molar-refractivity contribution < 1.29 is 37.6 Å². The van der Waals surface area contributed by atoms with E-state index in [2.05, 4.69) is 25.2 Å². The average molecular weight is 639 g/mol. The van der Waals surface area contributed by atoms with Gasteiger partial charge in [0.05, 0.1) is 41.5 Å². The molecule has 1 amide bonds. The topological polar surface area (TPSA) is 152 Å². The maximum atomic E-state index is 16.6. The number of amides is 1. The van der Waals surface area contributed by atoms with E-state index < -0.39 is 17.7 Å². The molecule has 12 nitrogen and oxygen atoms in total. The van der Waals surface area contributed by atoms with E-state index >= 15 is 4.39 Å². The standard InChI is InChI=1S/C30H28F2N6O6S/c1-38-10-15(44-21-4-2-3-5-42-21)6-14(38)11-43-29-35-8-17-18-12-41-13-19(18)22(24(32)25(17)36-29)26-23-16(7-33)28(37-30(39)40)45-27(23)20(31)9-34-26/h8-9,14-15,21,37H,2-6,10-13H2,1H3,(H,39,40)/t14-,15-,21?/m0/s1. The van der Waals surface area contributed by atoms with Crippen LogP contribution < -0.4 is 10.1 Å². The van der Waals surface area contributed by atoms with Gasteiger partial charge in [0.2, 0.25) is 0 Å². The predicted octanol–water partition coefficient (Wildman–Crippen LogP) is 5.17. The number of aromatic nitrogens is 3. The number of fused-ring (bicyclic) bond motifs is 4. The number of nitrogens with zero attached hydrogens (tertiary/aromatic N) is 5. The molecule has 3 aliphatic heterocycles. The van der Waals surface area contributed by atoms with Crippen molar-refractivity contribution in [2.24, 2.45) is 0 Å². The summed E-state index contributed by atoms with van der Waals surface area (Å²) in [6.45, 7) is 1.91. The lowest BCUT2D eigenvalue weighted by Crippen LogP contribution is -2.31. The van der Waals surface area contributed by atoms with E-state index in [1.165, 1.54) is 6.20 Å². The van der Waals surface area contributed by atoms with Gasteiger partial charge in [0.15, 0.2) is 17.9 Å². The summed E-state index contributed by atoms with van der Waals surface area (Å²) < 4.78 is 55.0. The molecule has 0 aliphatic carbocycles. The Hall–Kier alpha value is -4.07. The number of benzene rings is 1. The molecule has 2 N–H and O–H groups in total. The fourth-order valence-corrected chi connectivity index (χ4v) is 7.33. The summed E-state index contributed by atoms with van der Waals surface area (Å²) in [5, 5.41) is 21.7. The summed E-state index contributed by atoms with van der Waals surface area (Å²) in [5.74, 6) is -1.53. The van der Waals surface area contributed by atoms with Crippen LogP contribution in [0.3, 0.4) is 0 Å². The van der Waals surface area contributed by atoms with Gasteiger partial charge in [-0.05, 0) is 43.9 Å². The normalized spacial score (nSPS) is 21.7. The minimum atomic E-state index is -1.42. The fourth-order valence-electron chi connectivity index (χ4n) is 6.29. The number of pyridine rings is 1. The van der Waals surface area contributed by atoms with Crippen molar-refractivity contribution in [1.82, 2.24) is 19.9 Å². The highest BCUT2D eigenvalue weighted by molar-refractivity contribution is 7.23. The van der Waals surface area contributed by atoms with Crippen molar-refractivity contribution in [2.45, 2.75) is 57.3 Å². The summed E-state index contributed by atoms with van der Waals surface area (Å²) in [5.41, 5.74) is 0.913. The number of likely N-dealkylation sites (N-methyl/N-ethyl adjacent to an activating group) is 1. The maximum Gasteiger partial charge on any atom is 0.409 e. The maximum absolute atomic E-state index is 16.6. The highest BCUT2D eigenvalue weighted by Gasteiger charge is 2.34. The number of likely N-dealkylation sites (tertiary alicyclic amines) is 1. The molecule has 3 aliphatic rings. The number of thiophene rings is 1. The van der Waals surface area contributed by atoms with Crippen LogP contribution in [0.15, 0.2) is 12.4 Å². The summed E-state index contributed by atoms with van der Waals surface area (Å²) in [7, 11) is 1.99. The Morgan fingerprint density at radius 3 is 2.89 bits per heavy atom. The Labute approximate surface area is 259 Å². The highest BCUT2D eigenvalue weighted by Crippen LogP contribution is 2.45. The van der Waals surface area contributed by atoms with Gasteiger partial charge in [0.25, 0.3) is 0 Å². The molecule has 0 saturated carbocycles. The first kappa shape index (κ1) is 29.6. The zero-order chi connectivity index (χ0) is 31.2. The van der Waals surface area contributed by atoms with E-state index in [-0.39, 0.29) is 81.7 Å². The van der Waals surface area contributed by atoms with Crippen LogP contribution in [0.2, 0.25) is 0 Å². The van der Waals surface area contributed by atoms with Crippen LogP contribution in [-0.2, 0) is 27.4 Å². The lowest BCUT2D eigenvalue weighted by atomic mass is 9.94. The van der Waals surface area contributed by atoms with Gasteiger partial charge < -0.3 is 24.1 Å². The van der Waals surface area contributed by atoms with Crippen LogP contribution in [0, 0.1) is 23.0 Å². The predicted molar refractivity (Wildman–Crippen MR) is 158 cm³/mol. The smallest absolute Gasteiger partial charge is 0.409 e. The average Bonchev–Trinajstić information content (AvgIpc) is 3.74. The molecule has 2 saturated heterocycles. The van der Waals surface area contributed by atoms with E-state index in [1.54, 1.807) is 0 Å². The van der Waals surface area contributed by atoms with Crippen molar-refractivity contribution in [3.8, 4) is 23.3 Å². The molecule has 0 radical (unpaired) electrons. The lowest BCUT2D eigenvalue weighted by Gasteiger charge is -2.25. The Kier molecular flexibility index (Phi) is 7.92. The highest BCUT2D eigenvalue weighted by atomic mass is 32.1. The number of ether oxygens (including phenoxy) is 4. The Morgan fingerprint density at radius 1 is 1.27 bits per heavy atom. The number of hydrogen-bond acceptors (Lipinski definition) is 11. The molecule has 3 atom stereocenters. The zero-order valence-electron chi connectivity index (χ0n) is 24.1. The third-order valence-corrected chi connectivity index (χ3v) is 9.57. The van der Waals surface area contributed by atoms with Gasteiger partial charge in [0, 0.05) is 41.7 Å². The third kappa shape index (κ3) is 5.42. The molecule has 6 heterocycles. The summed E-state index contributed by atoms with van der Waals surface area (Å²) in [6, 6.07) is 1.94. The number of rotatable bonds is 7. The van der Waals surface area contributed by atoms with Gasteiger partial charge in [-0.2, -0.15) is 10.2 Å². The lowest BCUT2D eigenvalue weighted by molar-refractivity contribution is -0.185. The van der Waals surface area contributed by atoms with Gasteiger partial charge in [-0.25, -0.2) is 18.6 Å². The number of nitrogens with one attached hydrogen (secondary N) is 1. The van der Waals surface area contributed by atoms with Gasteiger partial charge >= 0.3 is 12.1 Å². The number of carboxylic acid groups (broad SMARTS) is 1. The molecular formula is C30H28F2N6O6S. The van der Waals surface area contributed by atoms with Crippen LogP contribution >= 0.6 is 11.3 Å². The van der Waals surface area contributed by atoms with E-state index in [4.69, 9.17) is 18.9 Å². The van der Waals surface area contributed by atoms with E-state index in [9.17, 15) is 19.6 Å². The van der Waals surface area contributed by atoms with E-state index in [0.717, 1.165) is 49.8 Å². The molecule has 15 heteroatoms. The molecular weight excluding hydrogens is 610 g/mol. The second kappa shape index (κ2) is 12.0. The zero-order valence-corrected chi connectivity index (χ0v) is 25.0. The van der Waals surface area contributed by atoms with Crippen molar-refractivity contribution in [2.75, 3.05) is 32.1 Å². The van der Waals surface area contributed by atoms with Crippen LogP contribution in [0.4, 0.5) is 18.6 Å². The minimum Gasteiger partial charge on any atom is -0.465 e. The van der Waals surface area contributed by atoms with Gasteiger partial charge in [0.1, 0.15) is 23.2 Å². The number of carbonyl (C=O) groups is 1. The molecule has 0 spiro atoms. The first-order valence-electron chi connectivity index (χ1n) is 14.5. The van der Waals surface area contributed by atoms with Crippen molar-refractivity contribution in [3.63, 3.8) is 0 Å². The van der Waals surface area contributed by atoms with Crippen molar-refractivity contribution >= 4 is 43.4 Å². The molecule has 1 unspecified atom stereocenters. The van der Waals surface area contributed by atoms with Crippen LogP contribution in [0.25, 0.3) is 32.2 Å². The SMILES string of the molecule is CN1C[C@@H](OC2CCCCO2)C[C@H]1COc1ncc2c3c(c(-c4ncc(F)c5sc(NC(=O)O)c(C#N)c45)c(F)c2n1)COC3. The second-order valence-electron chi connectivity index (χ2n) is 11.3. The molecule has 4 aromatic rings. The number of anilines is 1. The van der Waals surface area contributed by atoms with Crippen molar-refractivity contribution in [3.05, 3.63) is 40.7 Å². The molecule has 234 valence electrons. The first-order valence-corrected chi connectivity index (χ1v) is 15.3. The second-order valence-corrected chi connectivity index (χ2v) is 12.3. The van der Waals surface area contributed by atoms with Gasteiger partial charge in [-0.15, -0.1) is 11.3 Å². The number of nitriles is 1. The van der Waals surface area contributed by atoms with E-state index in [0.29, 0.717) is 23.1 Å². The van der Waals surface area contributed by atoms with Crippen LogP contribution in [0.5, 0.6) is 6.01 Å². The van der Waals surface area contributed by atoms with Crippen molar-refractivity contribution in [1.29, 1.82) is 5.26 Å². The minimum absolute atomic E-state index is 0.00118. The fraction of sp³-hybridized carbons (Fsp3) is 0.433. The third-order valence-electron chi connectivity index (χ3n) is 8.45. The summed E-state index contributed by atoms with van der Waals surface area (Å²) in [4.78, 5) is 26.5. The molecule has 45 heavy (non-hydrogen) atoms. The van der Waals surface area contributed by atoms with E-state index in [1.807, 2.05) is 13.1 Å². The molecule has 2 fully saturated rings. The first-order chi connectivity index (χ1) is 21.8. The van der Waals surface area contributed by atoms with Crippen LogP contribution in [-0.4, -0.2) is 76.3 Å². The monoisotopic (exact) mass is 638 g/mol. The quantitative estimate of drug-likeness (QED) is 0.276. The molecule has 1 aromatic carbocycles.